The van der Waals surface area contributed by atoms with Crippen LogP contribution in [0.5, 0.6) is 0 Å². The number of imidazole rings is 2. The number of rotatable bonds is 12. The van der Waals surface area contributed by atoms with Crippen LogP contribution in [0.15, 0.2) is 36.4 Å². The first kappa shape index (κ1) is 39.1. The van der Waals surface area contributed by atoms with Gasteiger partial charge in [0.1, 0.15) is 38.2 Å². The van der Waals surface area contributed by atoms with Gasteiger partial charge in [-0.25, -0.2) is 9.97 Å². The van der Waals surface area contributed by atoms with Crippen molar-refractivity contribution in [3.63, 3.8) is 0 Å². The molecule has 0 aliphatic carbocycles. The summed E-state index contributed by atoms with van der Waals surface area (Å²) >= 11 is 0. The number of aromatic nitrogens is 4. The van der Waals surface area contributed by atoms with Crippen LogP contribution in [0.4, 0.5) is 11.4 Å². The van der Waals surface area contributed by atoms with E-state index in [2.05, 4.69) is 39.3 Å². The van der Waals surface area contributed by atoms with Gasteiger partial charge < -0.3 is 28.4 Å². The third-order valence-electron chi connectivity index (χ3n) is 8.09. The molecule has 1 saturated heterocycles. The van der Waals surface area contributed by atoms with E-state index in [-0.39, 0.29) is 24.9 Å². The molecule has 1 fully saturated rings. The molecule has 0 N–H and O–H groups in total. The summed E-state index contributed by atoms with van der Waals surface area (Å²) in [6.45, 7) is 28.2. The van der Waals surface area contributed by atoms with Crippen LogP contribution in [0.25, 0.3) is 22.1 Å². The molecule has 1 aliphatic heterocycles. The number of anilines is 2. The number of benzene rings is 2. The zero-order chi connectivity index (χ0) is 35.8. The van der Waals surface area contributed by atoms with Crippen molar-refractivity contribution < 1.29 is 19.1 Å². The Hall–Kier alpha value is -3.33. The minimum atomic E-state index is -1.16. The van der Waals surface area contributed by atoms with Crippen molar-refractivity contribution in [2.75, 3.05) is 36.1 Å². The molecule has 3 heterocycles. The Morgan fingerprint density at radius 2 is 0.979 bits per heavy atom. The summed E-state index contributed by atoms with van der Waals surface area (Å²) in [7, 11) is -2.33. The van der Waals surface area contributed by atoms with E-state index in [1.807, 2.05) is 87.1 Å². The molecule has 5 rings (SSSR count). The minimum absolute atomic E-state index is 0.0414. The van der Waals surface area contributed by atoms with Gasteiger partial charge in [0.15, 0.2) is 0 Å². The maximum Gasteiger partial charge on any atom is 0.247 e. The van der Waals surface area contributed by atoms with Gasteiger partial charge in [0.2, 0.25) is 11.8 Å². The number of fused-ring (bicyclic) bond motifs is 2. The summed E-state index contributed by atoms with van der Waals surface area (Å²) in [5, 5.41) is 0. The molecule has 0 radical (unpaired) electrons. The lowest BCUT2D eigenvalue weighted by Gasteiger charge is -2.34. The van der Waals surface area contributed by atoms with E-state index in [0.717, 1.165) is 59.0 Å². The largest absolute Gasteiger partial charge is 0.361 e. The number of hydrogen-bond acceptors (Lipinski definition) is 6. The third kappa shape index (κ3) is 9.87. The minimum Gasteiger partial charge on any atom is -0.361 e. The van der Waals surface area contributed by atoms with Crippen molar-refractivity contribution in [3.05, 3.63) is 48.0 Å². The molecule has 0 saturated carbocycles. The Morgan fingerprint density at radius 3 is 1.31 bits per heavy atom. The van der Waals surface area contributed by atoms with E-state index in [9.17, 15) is 9.59 Å². The van der Waals surface area contributed by atoms with Crippen molar-refractivity contribution in [2.24, 2.45) is 0 Å². The summed E-state index contributed by atoms with van der Waals surface area (Å²) in [6.07, 6.45) is 0. The van der Waals surface area contributed by atoms with Crippen LogP contribution in [0.2, 0.25) is 51.4 Å². The summed E-state index contributed by atoms with van der Waals surface area (Å²) in [5.41, 5.74) is 4.77. The van der Waals surface area contributed by atoms with Gasteiger partial charge in [0.25, 0.3) is 0 Å². The van der Waals surface area contributed by atoms with Crippen LogP contribution in [0.1, 0.15) is 39.3 Å². The van der Waals surface area contributed by atoms with Gasteiger partial charge in [0.05, 0.1) is 22.1 Å². The van der Waals surface area contributed by atoms with Crippen molar-refractivity contribution in [1.29, 1.82) is 0 Å². The molecule has 0 unspecified atom stereocenters. The molecule has 0 bridgehead atoms. The second-order valence-electron chi connectivity index (χ2n) is 14.2. The van der Waals surface area contributed by atoms with E-state index in [1.165, 1.54) is 0 Å². The van der Waals surface area contributed by atoms with Gasteiger partial charge >= 0.3 is 0 Å². The zero-order valence-electron chi connectivity index (χ0n) is 31.4. The molecule has 2 aromatic heterocycles. The Bertz CT molecular complexity index is 1560. The first-order valence-corrected chi connectivity index (χ1v) is 24.8. The van der Waals surface area contributed by atoms with Gasteiger partial charge in [0, 0.05) is 40.7 Å². The summed E-state index contributed by atoms with van der Waals surface area (Å²) in [6, 6.07) is 13.7. The van der Waals surface area contributed by atoms with E-state index >= 15 is 0 Å². The number of carbonyl (C=O) groups is 2. The van der Waals surface area contributed by atoms with Crippen molar-refractivity contribution in [2.45, 2.75) is 106 Å². The normalized spacial score (nSPS) is 13.9. The van der Waals surface area contributed by atoms with Crippen LogP contribution in [-0.2, 0) is 32.5 Å². The van der Waals surface area contributed by atoms with Crippen molar-refractivity contribution in [1.82, 2.24) is 19.1 Å². The zero-order valence-corrected chi connectivity index (χ0v) is 33.4. The lowest BCUT2D eigenvalue weighted by atomic mass is 10.2. The SMILES string of the molecule is CC.CC.Cc1nc2cc(N3CC(=O)N(c4ccc5c(c4)nc(C)n5COCC[Si](C)(C)C)CC3=O)ccc2n1COCC[Si](C)(C)C. The average molecular weight is 695 g/mol. The molecule has 4 aromatic rings. The van der Waals surface area contributed by atoms with E-state index in [0.29, 0.717) is 24.8 Å². The number of amides is 2. The van der Waals surface area contributed by atoms with Gasteiger partial charge in [-0.05, 0) is 62.3 Å². The van der Waals surface area contributed by atoms with Crippen LogP contribution >= 0.6 is 0 Å². The smallest absolute Gasteiger partial charge is 0.247 e. The van der Waals surface area contributed by atoms with Crippen LogP contribution in [-0.4, -0.2) is 73.4 Å². The molecule has 0 atom stereocenters. The molecule has 264 valence electrons. The Morgan fingerprint density at radius 1 is 0.625 bits per heavy atom. The second-order valence-corrected chi connectivity index (χ2v) is 25.4. The molecule has 12 heteroatoms. The fraction of sp³-hybridized carbons (Fsp3) is 0.556. The molecule has 1 aliphatic rings. The lowest BCUT2D eigenvalue weighted by Crippen LogP contribution is -2.54. The first-order chi connectivity index (χ1) is 22.7. The highest BCUT2D eigenvalue weighted by molar-refractivity contribution is 6.76. The highest BCUT2D eigenvalue weighted by Crippen LogP contribution is 2.28. The van der Waals surface area contributed by atoms with Crippen molar-refractivity contribution in [3.8, 4) is 0 Å². The molecule has 2 aromatic carbocycles. The van der Waals surface area contributed by atoms with E-state index in [1.54, 1.807) is 9.80 Å². The Labute approximate surface area is 289 Å². The maximum absolute atomic E-state index is 13.4. The van der Waals surface area contributed by atoms with Gasteiger partial charge in [-0.2, -0.15) is 0 Å². The monoisotopic (exact) mass is 694 g/mol. The number of carbonyl (C=O) groups excluding carboxylic acids is 2. The Balaban J connectivity index is 0.00000151. The van der Waals surface area contributed by atoms with Crippen LogP contribution < -0.4 is 9.80 Å². The average Bonchev–Trinajstić information content (AvgIpc) is 3.52. The molecular weight excluding hydrogens is 637 g/mol. The van der Waals surface area contributed by atoms with Crippen LogP contribution in [0.3, 0.4) is 0 Å². The standard InChI is InChI=1S/C32H46N6O4Si2.2C2H6/c1-23-33-27-17-25(9-11-29(27)37(23)21-41-13-15-43(3,4)5)35-19-32(40)36(20-31(35)39)26-10-12-30-28(18-26)34-24(2)38(30)22-42-14-16-44(6,7)8;2*1-2/h9-12,17-18H,13-16,19-22H2,1-8H3;2*1-2H3. The molecule has 10 nitrogen and oxygen atoms in total. The van der Waals surface area contributed by atoms with Gasteiger partial charge in [-0.1, -0.05) is 67.0 Å². The number of nitrogens with zero attached hydrogens (tertiary/aromatic N) is 6. The number of hydrogen-bond donors (Lipinski definition) is 0. The van der Waals surface area contributed by atoms with Crippen molar-refractivity contribution >= 4 is 61.4 Å². The third-order valence-corrected chi connectivity index (χ3v) is 11.5. The second kappa shape index (κ2) is 16.9. The van der Waals surface area contributed by atoms with Crippen LogP contribution in [0, 0.1) is 13.8 Å². The highest BCUT2D eigenvalue weighted by Gasteiger charge is 2.32. The number of ether oxygens (including phenoxy) is 2. The highest BCUT2D eigenvalue weighted by atomic mass is 28.3. The predicted molar refractivity (Wildman–Crippen MR) is 205 cm³/mol. The van der Waals surface area contributed by atoms with E-state index < -0.39 is 16.1 Å². The molecule has 0 spiro atoms. The number of piperazine rings is 1. The topological polar surface area (TPSA) is 94.7 Å². The van der Waals surface area contributed by atoms with Gasteiger partial charge in [-0.3, -0.25) is 9.59 Å². The lowest BCUT2D eigenvalue weighted by molar-refractivity contribution is -0.125. The maximum atomic E-state index is 13.4. The summed E-state index contributed by atoms with van der Waals surface area (Å²) in [5.74, 6) is 1.41. The van der Waals surface area contributed by atoms with E-state index in [4.69, 9.17) is 19.4 Å². The first-order valence-electron chi connectivity index (χ1n) is 17.4. The predicted octanol–water partition coefficient (Wildman–Crippen LogP) is 8.06. The fourth-order valence-electron chi connectivity index (χ4n) is 5.30. The molecule has 48 heavy (non-hydrogen) atoms. The summed E-state index contributed by atoms with van der Waals surface area (Å²) < 4.78 is 16.0. The van der Waals surface area contributed by atoms with Gasteiger partial charge in [-0.15, -0.1) is 0 Å². The molecular formula is C36H58N6O4Si2. The fourth-order valence-corrected chi connectivity index (χ4v) is 6.81. The molecule has 2 amide bonds. The quantitative estimate of drug-likeness (QED) is 0.110. The Kier molecular flexibility index (Phi) is 13.7. The summed E-state index contributed by atoms with van der Waals surface area (Å²) in [4.78, 5) is 39.3. The number of aryl methyl sites for hydroxylation is 2.